The molecule has 0 radical (unpaired) electrons. The summed E-state index contributed by atoms with van der Waals surface area (Å²) in [5.74, 6) is -0.575. The van der Waals surface area contributed by atoms with Crippen molar-refractivity contribution in [2.75, 3.05) is 33.4 Å². The molecule has 0 rings (SSSR count). The average molecular weight is 374 g/mol. The van der Waals surface area contributed by atoms with Gasteiger partial charge in [-0.05, 0) is 17.8 Å². The van der Waals surface area contributed by atoms with Gasteiger partial charge in [0.25, 0.3) is 0 Å². The van der Waals surface area contributed by atoms with Crippen molar-refractivity contribution < 1.29 is 29.1 Å². The lowest BCUT2D eigenvalue weighted by molar-refractivity contribution is -0.148. The van der Waals surface area contributed by atoms with E-state index >= 15 is 0 Å². The number of hydroxylamine groups is 1. The van der Waals surface area contributed by atoms with Crippen molar-refractivity contribution in [2.24, 2.45) is 11.3 Å². The largest absolute Gasteiger partial charge is 0.463 e. The Morgan fingerprint density at radius 3 is 2.35 bits per heavy atom. The third-order valence-corrected chi connectivity index (χ3v) is 3.81. The zero-order valence-electron chi connectivity index (χ0n) is 16.7. The first kappa shape index (κ1) is 24.3. The van der Waals surface area contributed by atoms with E-state index in [1.165, 1.54) is 7.11 Å². The molecule has 0 bridgehead atoms. The van der Waals surface area contributed by atoms with Crippen molar-refractivity contribution in [3.63, 3.8) is 0 Å². The van der Waals surface area contributed by atoms with Gasteiger partial charge in [0.15, 0.2) is 0 Å². The van der Waals surface area contributed by atoms with E-state index in [4.69, 9.17) is 14.7 Å². The molecule has 8 nitrogen and oxygen atoms in total. The van der Waals surface area contributed by atoms with Gasteiger partial charge < -0.3 is 14.4 Å². The van der Waals surface area contributed by atoms with E-state index in [-0.39, 0.29) is 37.9 Å². The third kappa shape index (κ3) is 11.8. The summed E-state index contributed by atoms with van der Waals surface area (Å²) in [6.07, 6.45) is 1.28. The summed E-state index contributed by atoms with van der Waals surface area (Å²) in [6, 6.07) is 0. The first-order valence-electron chi connectivity index (χ1n) is 8.96. The van der Waals surface area contributed by atoms with Gasteiger partial charge in [-0.2, -0.15) is 0 Å². The SMILES string of the molecule is COCCOC(=O)CC(C)(C)CN(CCC(=O)NO)C(=O)CCC(C)C. The molecule has 0 aromatic rings. The van der Waals surface area contributed by atoms with Crippen LogP contribution in [0.4, 0.5) is 0 Å². The second-order valence-corrected chi connectivity index (χ2v) is 7.59. The summed E-state index contributed by atoms with van der Waals surface area (Å²) in [7, 11) is 1.53. The highest BCUT2D eigenvalue weighted by Gasteiger charge is 2.28. The lowest BCUT2D eigenvalue weighted by Crippen LogP contribution is -2.41. The van der Waals surface area contributed by atoms with Gasteiger partial charge in [0.1, 0.15) is 6.61 Å². The van der Waals surface area contributed by atoms with Gasteiger partial charge in [0.05, 0.1) is 13.0 Å². The number of nitrogens with one attached hydrogen (secondary N) is 1. The molecule has 0 aliphatic rings. The minimum atomic E-state index is -0.552. The van der Waals surface area contributed by atoms with Crippen LogP contribution in [0.15, 0.2) is 0 Å². The van der Waals surface area contributed by atoms with Crippen molar-refractivity contribution in [2.45, 2.75) is 53.4 Å². The molecule has 0 saturated heterocycles. The molecule has 0 fully saturated rings. The minimum absolute atomic E-state index is 0.00170. The Morgan fingerprint density at radius 2 is 1.81 bits per heavy atom. The number of carbonyl (C=O) groups is 3. The predicted octanol–water partition coefficient (Wildman–Crippen LogP) is 1.75. The lowest BCUT2D eigenvalue weighted by atomic mass is 9.88. The highest BCUT2D eigenvalue weighted by Crippen LogP contribution is 2.23. The molecular formula is C18H34N2O6. The number of esters is 1. The molecule has 152 valence electrons. The molecular weight excluding hydrogens is 340 g/mol. The Bertz CT molecular complexity index is 451. The molecule has 0 atom stereocenters. The van der Waals surface area contributed by atoms with Crippen molar-refractivity contribution in [1.82, 2.24) is 10.4 Å². The fourth-order valence-electron chi connectivity index (χ4n) is 2.41. The second-order valence-electron chi connectivity index (χ2n) is 7.59. The highest BCUT2D eigenvalue weighted by atomic mass is 16.6. The molecule has 2 N–H and O–H groups in total. The number of amides is 2. The van der Waals surface area contributed by atoms with Crippen LogP contribution in [0.1, 0.15) is 53.4 Å². The zero-order chi connectivity index (χ0) is 20.2. The second kappa shape index (κ2) is 12.6. The number of nitrogens with zero attached hydrogens (tertiary/aromatic N) is 1. The van der Waals surface area contributed by atoms with E-state index in [1.807, 2.05) is 27.7 Å². The van der Waals surface area contributed by atoms with Gasteiger partial charge in [0, 0.05) is 33.0 Å². The fourth-order valence-corrected chi connectivity index (χ4v) is 2.41. The van der Waals surface area contributed by atoms with Gasteiger partial charge in [-0.25, -0.2) is 5.48 Å². The molecule has 0 aliphatic heterocycles. The molecule has 0 saturated carbocycles. The summed E-state index contributed by atoms with van der Waals surface area (Å²) in [5, 5.41) is 8.64. The molecule has 2 amide bonds. The van der Waals surface area contributed by atoms with Gasteiger partial charge in [-0.15, -0.1) is 0 Å². The van der Waals surface area contributed by atoms with Crippen molar-refractivity contribution in [3.05, 3.63) is 0 Å². The van der Waals surface area contributed by atoms with Crippen molar-refractivity contribution in [1.29, 1.82) is 0 Å². The number of hydrogen-bond donors (Lipinski definition) is 2. The Labute approximate surface area is 156 Å². The summed E-state index contributed by atoms with van der Waals surface area (Å²) in [5.41, 5.74) is 1.06. The fraction of sp³-hybridized carbons (Fsp3) is 0.833. The molecule has 0 aromatic carbocycles. The van der Waals surface area contributed by atoms with E-state index in [0.717, 1.165) is 6.42 Å². The van der Waals surface area contributed by atoms with E-state index in [0.29, 0.717) is 25.5 Å². The maximum Gasteiger partial charge on any atom is 0.306 e. The number of carbonyl (C=O) groups excluding carboxylic acids is 3. The van der Waals surface area contributed by atoms with Crippen LogP contribution in [0.2, 0.25) is 0 Å². The van der Waals surface area contributed by atoms with Crippen LogP contribution in [0.5, 0.6) is 0 Å². The number of ether oxygens (including phenoxy) is 2. The predicted molar refractivity (Wildman–Crippen MR) is 96.4 cm³/mol. The summed E-state index contributed by atoms with van der Waals surface area (Å²) >= 11 is 0. The molecule has 0 aliphatic carbocycles. The van der Waals surface area contributed by atoms with E-state index in [9.17, 15) is 14.4 Å². The molecule has 0 aromatic heterocycles. The number of rotatable bonds is 13. The van der Waals surface area contributed by atoms with Crippen molar-refractivity contribution in [3.8, 4) is 0 Å². The van der Waals surface area contributed by atoms with Crippen LogP contribution in [0.25, 0.3) is 0 Å². The monoisotopic (exact) mass is 374 g/mol. The quantitative estimate of drug-likeness (QED) is 0.220. The van der Waals surface area contributed by atoms with Crippen LogP contribution in [0.3, 0.4) is 0 Å². The zero-order valence-corrected chi connectivity index (χ0v) is 16.7. The molecule has 0 heterocycles. The van der Waals surface area contributed by atoms with Gasteiger partial charge in [0.2, 0.25) is 11.8 Å². The Morgan fingerprint density at radius 1 is 1.15 bits per heavy atom. The van der Waals surface area contributed by atoms with Crippen molar-refractivity contribution >= 4 is 17.8 Å². The third-order valence-electron chi connectivity index (χ3n) is 3.81. The smallest absolute Gasteiger partial charge is 0.306 e. The van der Waals surface area contributed by atoms with Crippen LogP contribution in [-0.2, 0) is 23.9 Å². The van der Waals surface area contributed by atoms with Gasteiger partial charge in [-0.1, -0.05) is 27.7 Å². The molecule has 8 heteroatoms. The highest BCUT2D eigenvalue weighted by molar-refractivity contribution is 5.78. The summed E-state index contributed by atoms with van der Waals surface area (Å²) < 4.78 is 9.93. The minimum Gasteiger partial charge on any atom is -0.463 e. The van der Waals surface area contributed by atoms with Gasteiger partial charge >= 0.3 is 5.97 Å². The molecule has 0 unspecified atom stereocenters. The maximum absolute atomic E-state index is 12.5. The molecule has 26 heavy (non-hydrogen) atoms. The summed E-state index contributed by atoms with van der Waals surface area (Å²) in [4.78, 5) is 37.3. The van der Waals surface area contributed by atoms with E-state index in [2.05, 4.69) is 0 Å². The Kier molecular flexibility index (Phi) is 11.8. The van der Waals surface area contributed by atoms with Crippen LogP contribution >= 0.6 is 0 Å². The first-order valence-corrected chi connectivity index (χ1v) is 8.96. The first-order chi connectivity index (χ1) is 12.1. The van der Waals surface area contributed by atoms with E-state index < -0.39 is 11.3 Å². The van der Waals surface area contributed by atoms with Crippen LogP contribution in [0, 0.1) is 11.3 Å². The standard InChI is InChI=1S/C18H34N2O6/c1-14(2)6-7-16(22)20(9-8-15(21)19-24)13-18(3,4)12-17(23)26-11-10-25-5/h14,24H,6-13H2,1-5H3,(H,19,21). The van der Waals surface area contributed by atoms with E-state index in [1.54, 1.807) is 10.4 Å². The van der Waals surface area contributed by atoms with Gasteiger partial charge in [-0.3, -0.25) is 19.6 Å². The molecule has 0 spiro atoms. The topological polar surface area (TPSA) is 105 Å². The Hall–Kier alpha value is -1.67. The number of hydrogen-bond acceptors (Lipinski definition) is 6. The Balaban J connectivity index is 4.80. The van der Waals surface area contributed by atoms with Crippen LogP contribution < -0.4 is 5.48 Å². The average Bonchev–Trinajstić information content (AvgIpc) is 2.55. The maximum atomic E-state index is 12.5. The summed E-state index contributed by atoms with van der Waals surface area (Å²) in [6.45, 7) is 8.86. The van der Waals surface area contributed by atoms with Crippen LogP contribution in [-0.4, -0.2) is 61.3 Å². The number of methoxy groups -OCH3 is 1. The normalized spacial score (nSPS) is 11.3. The lowest BCUT2D eigenvalue weighted by Gasteiger charge is -2.32.